The van der Waals surface area contributed by atoms with E-state index in [4.69, 9.17) is 5.73 Å². The Morgan fingerprint density at radius 2 is 2.07 bits per heavy atom. The number of benzene rings is 1. The van der Waals surface area contributed by atoms with Gasteiger partial charge in [-0.05, 0) is 37.1 Å². The van der Waals surface area contributed by atoms with E-state index in [-0.39, 0.29) is 17.1 Å². The molecule has 0 unspecified atom stereocenters. The molecular weight excluding hydrogens is 355 g/mol. The van der Waals surface area contributed by atoms with E-state index in [0.29, 0.717) is 25.6 Å². The smallest absolute Gasteiger partial charge is 0.241 e. The summed E-state index contributed by atoms with van der Waals surface area (Å²) in [5, 5.41) is 3.40. The predicted octanol–water partition coefficient (Wildman–Crippen LogP) is 2.26. The molecule has 0 aromatic heterocycles. The normalized spacial score (nSPS) is 23.0. The summed E-state index contributed by atoms with van der Waals surface area (Å²) in [6.07, 6.45) is 4.59. The number of piperazine rings is 1. The lowest BCUT2D eigenvalue weighted by Gasteiger charge is -2.33. The first kappa shape index (κ1) is 20.6. The van der Waals surface area contributed by atoms with Gasteiger partial charge in [-0.1, -0.05) is 32.1 Å². The molecule has 2 aliphatic rings. The molecule has 0 saturated carbocycles. The number of halogens is 1. The van der Waals surface area contributed by atoms with Crippen LogP contribution in [-0.4, -0.2) is 54.5 Å². The summed E-state index contributed by atoms with van der Waals surface area (Å²) in [5.74, 6) is -0.153. The van der Waals surface area contributed by atoms with Crippen molar-refractivity contribution in [2.45, 2.75) is 33.2 Å². The van der Waals surface area contributed by atoms with E-state index in [1.54, 1.807) is 12.1 Å². The number of nitrogens with one attached hydrogen (secondary N) is 1. The maximum atomic E-state index is 13.1. The zero-order valence-electron chi connectivity index (χ0n) is 17.0. The van der Waals surface area contributed by atoms with Gasteiger partial charge in [0, 0.05) is 43.3 Å². The van der Waals surface area contributed by atoms with E-state index in [9.17, 15) is 9.18 Å². The molecule has 0 aliphatic carbocycles. The molecule has 1 atom stereocenters. The lowest BCUT2D eigenvalue weighted by Crippen LogP contribution is -2.52. The van der Waals surface area contributed by atoms with Crippen molar-refractivity contribution in [1.29, 1.82) is 0 Å². The molecule has 6 heteroatoms. The van der Waals surface area contributed by atoms with Gasteiger partial charge in [0.1, 0.15) is 5.82 Å². The van der Waals surface area contributed by atoms with Gasteiger partial charge >= 0.3 is 0 Å². The number of rotatable bonds is 5. The van der Waals surface area contributed by atoms with Crippen LogP contribution in [0.15, 0.2) is 47.8 Å². The number of nitrogens with zero attached hydrogens (tertiary/aromatic N) is 2. The van der Waals surface area contributed by atoms with E-state index in [1.165, 1.54) is 12.1 Å². The van der Waals surface area contributed by atoms with E-state index in [1.807, 2.05) is 17.1 Å². The van der Waals surface area contributed by atoms with Gasteiger partial charge in [-0.3, -0.25) is 9.69 Å². The van der Waals surface area contributed by atoms with Gasteiger partial charge in [-0.25, -0.2) is 4.39 Å². The number of carbonyl (C=O) groups excluding carboxylic acids is 1. The number of carbonyl (C=O) groups is 1. The van der Waals surface area contributed by atoms with Crippen LogP contribution in [0.5, 0.6) is 0 Å². The molecule has 1 saturated heterocycles. The molecule has 0 spiro atoms. The predicted molar refractivity (Wildman–Crippen MR) is 110 cm³/mol. The molecule has 1 fully saturated rings. The fourth-order valence-electron chi connectivity index (χ4n) is 3.82. The molecular formula is C22H31FN4O. The van der Waals surface area contributed by atoms with Crippen molar-refractivity contribution in [3.63, 3.8) is 0 Å². The van der Waals surface area contributed by atoms with Crippen LogP contribution in [0.4, 0.5) is 4.39 Å². The van der Waals surface area contributed by atoms with Crippen LogP contribution >= 0.6 is 0 Å². The zero-order chi connectivity index (χ0) is 20.3. The number of allylic oxidation sites excluding steroid dienone is 2. The first-order valence-corrected chi connectivity index (χ1v) is 9.93. The van der Waals surface area contributed by atoms with Crippen molar-refractivity contribution in [2.24, 2.45) is 11.1 Å². The van der Waals surface area contributed by atoms with E-state index >= 15 is 0 Å². The highest BCUT2D eigenvalue weighted by atomic mass is 19.1. The van der Waals surface area contributed by atoms with E-state index in [2.05, 4.69) is 31.0 Å². The summed E-state index contributed by atoms with van der Waals surface area (Å²) in [4.78, 5) is 17.1. The lowest BCUT2D eigenvalue weighted by atomic mass is 9.91. The van der Waals surface area contributed by atoms with Gasteiger partial charge in [0.15, 0.2) is 0 Å². The largest absolute Gasteiger partial charge is 0.400 e. The Kier molecular flexibility index (Phi) is 6.20. The molecule has 3 N–H and O–H groups in total. The molecule has 5 nitrogen and oxygen atoms in total. The first-order valence-electron chi connectivity index (χ1n) is 9.93. The molecule has 1 amide bonds. The highest BCUT2D eigenvalue weighted by Crippen LogP contribution is 2.36. The second-order valence-corrected chi connectivity index (χ2v) is 8.49. The number of nitrogens with two attached hydrogens (primary N) is 1. The van der Waals surface area contributed by atoms with Gasteiger partial charge in [0.05, 0.1) is 12.2 Å². The average molecular weight is 387 g/mol. The van der Waals surface area contributed by atoms with Gasteiger partial charge in [-0.15, -0.1) is 0 Å². The Morgan fingerprint density at radius 3 is 2.75 bits per heavy atom. The van der Waals surface area contributed by atoms with Crippen LogP contribution in [0.25, 0.3) is 0 Å². The summed E-state index contributed by atoms with van der Waals surface area (Å²) >= 11 is 0. The topological polar surface area (TPSA) is 61.6 Å². The minimum Gasteiger partial charge on any atom is -0.400 e. The van der Waals surface area contributed by atoms with Crippen molar-refractivity contribution in [1.82, 2.24) is 15.1 Å². The standard InChI is InChI=1S/C22H31FN4O/c1-16-13-26(12-11-25-16)14-20(28)27-15-22(2,3)21(24)19(27)6-4-5-17-7-9-18(23)10-8-17/h4,6-10,16,25H,5,11-15,24H2,1-3H3/b6-4+/t16-/m1/s1. The quantitative estimate of drug-likeness (QED) is 0.815. The minimum atomic E-state index is -0.248. The maximum absolute atomic E-state index is 13.1. The number of hydrogen-bond donors (Lipinski definition) is 2. The molecule has 1 aromatic carbocycles. The summed E-state index contributed by atoms with van der Waals surface area (Å²) in [7, 11) is 0. The Labute approximate surface area is 167 Å². The highest BCUT2D eigenvalue weighted by Gasteiger charge is 2.38. The molecule has 152 valence electrons. The van der Waals surface area contributed by atoms with Crippen molar-refractivity contribution in [3.05, 3.63) is 59.2 Å². The zero-order valence-corrected chi connectivity index (χ0v) is 17.0. The Morgan fingerprint density at radius 1 is 1.36 bits per heavy atom. The third kappa shape index (κ3) is 4.80. The fourth-order valence-corrected chi connectivity index (χ4v) is 3.82. The van der Waals surface area contributed by atoms with Crippen LogP contribution in [0.2, 0.25) is 0 Å². The average Bonchev–Trinajstić information content (AvgIpc) is 2.87. The summed E-state index contributed by atoms with van der Waals surface area (Å²) in [6, 6.07) is 6.85. The Hall–Kier alpha value is -2.18. The third-order valence-corrected chi connectivity index (χ3v) is 5.50. The Bertz CT molecular complexity index is 769. The van der Waals surface area contributed by atoms with E-state index in [0.717, 1.165) is 36.6 Å². The van der Waals surface area contributed by atoms with Crippen LogP contribution < -0.4 is 11.1 Å². The maximum Gasteiger partial charge on any atom is 0.241 e. The molecule has 0 radical (unpaired) electrons. The molecule has 2 aliphatic heterocycles. The molecule has 2 heterocycles. The van der Waals surface area contributed by atoms with Gasteiger partial charge < -0.3 is 16.0 Å². The van der Waals surface area contributed by atoms with Crippen molar-refractivity contribution < 1.29 is 9.18 Å². The van der Waals surface area contributed by atoms with Crippen LogP contribution in [-0.2, 0) is 11.2 Å². The Balaban J connectivity index is 1.70. The third-order valence-electron chi connectivity index (χ3n) is 5.50. The second-order valence-electron chi connectivity index (χ2n) is 8.49. The molecule has 1 aromatic rings. The van der Waals surface area contributed by atoms with Gasteiger partial charge in [0.25, 0.3) is 0 Å². The fraction of sp³-hybridized carbons (Fsp3) is 0.500. The number of hydrogen-bond acceptors (Lipinski definition) is 4. The monoisotopic (exact) mass is 386 g/mol. The lowest BCUT2D eigenvalue weighted by molar-refractivity contribution is -0.130. The number of amides is 1. The van der Waals surface area contributed by atoms with Crippen LogP contribution in [0, 0.1) is 11.2 Å². The van der Waals surface area contributed by atoms with Gasteiger partial charge in [-0.2, -0.15) is 0 Å². The van der Waals surface area contributed by atoms with E-state index < -0.39 is 0 Å². The molecule has 28 heavy (non-hydrogen) atoms. The summed E-state index contributed by atoms with van der Waals surface area (Å²) in [6.45, 7) is 9.92. The molecule has 3 rings (SSSR count). The summed E-state index contributed by atoms with van der Waals surface area (Å²) < 4.78 is 13.1. The second kappa shape index (κ2) is 8.45. The van der Waals surface area contributed by atoms with Crippen molar-refractivity contribution in [3.8, 4) is 0 Å². The first-order chi connectivity index (χ1) is 13.3. The minimum absolute atomic E-state index is 0.0871. The highest BCUT2D eigenvalue weighted by molar-refractivity contribution is 5.81. The molecule has 0 bridgehead atoms. The van der Waals surface area contributed by atoms with Crippen molar-refractivity contribution in [2.75, 3.05) is 32.7 Å². The summed E-state index contributed by atoms with van der Waals surface area (Å²) in [5.41, 5.74) is 8.70. The van der Waals surface area contributed by atoms with Crippen molar-refractivity contribution >= 4 is 5.91 Å². The van der Waals surface area contributed by atoms with Crippen LogP contribution in [0.1, 0.15) is 26.3 Å². The van der Waals surface area contributed by atoms with Crippen LogP contribution in [0.3, 0.4) is 0 Å². The van der Waals surface area contributed by atoms with Gasteiger partial charge in [0.2, 0.25) is 5.91 Å². The SMILES string of the molecule is C[C@@H]1CN(CC(=O)N2CC(C)(C)C(N)=C2/C=C/Cc2ccc(F)cc2)CCN1.